The Morgan fingerprint density at radius 3 is 2.55 bits per heavy atom. The molecule has 2 aromatic carbocycles. The molecule has 4 rings (SSSR count). The molecule has 0 radical (unpaired) electrons. The van der Waals surface area contributed by atoms with Crippen molar-refractivity contribution in [2.45, 2.75) is 26.4 Å². The first-order valence-corrected chi connectivity index (χ1v) is 9.48. The molecule has 2 heterocycles. The molecule has 8 heteroatoms. The number of halogens is 2. The minimum atomic E-state index is -0.504. The van der Waals surface area contributed by atoms with Gasteiger partial charge in [0, 0.05) is 16.6 Å². The number of hydrogen-bond donors (Lipinski definition) is 0. The molecule has 0 saturated carbocycles. The van der Waals surface area contributed by atoms with E-state index in [2.05, 4.69) is 4.98 Å². The summed E-state index contributed by atoms with van der Waals surface area (Å²) in [6.45, 7) is 3.63. The van der Waals surface area contributed by atoms with Crippen molar-refractivity contribution in [2.24, 2.45) is 0 Å². The Labute approximate surface area is 170 Å². The fraction of sp³-hybridized carbons (Fsp3) is 0.190. The van der Waals surface area contributed by atoms with E-state index in [1.807, 2.05) is 0 Å². The molecule has 0 aliphatic heterocycles. The first kappa shape index (κ1) is 19.1. The average Bonchev–Trinajstić information content (AvgIpc) is 3.07. The third-order valence-corrected chi connectivity index (χ3v) is 4.97. The summed E-state index contributed by atoms with van der Waals surface area (Å²) in [6, 6.07) is 12.7. The van der Waals surface area contributed by atoms with Crippen LogP contribution in [0.4, 0.5) is 4.39 Å². The molecule has 6 nitrogen and oxygen atoms in total. The van der Waals surface area contributed by atoms with Gasteiger partial charge in [-0.15, -0.1) is 0 Å². The van der Waals surface area contributed by atoms with Gasteiger partial charge in [0.1, 0.15) is 5.82 Å². The molecular weight excluding hydrogens is 395 g/mol. The monoisotopic (exact) mass is 412 g/mol. The van der Waals surface area contributed by atoms with Crippen LogP contribution in [0.15, 0.2) is 64.4 Å². The maximum absolute atomic E-state index is 14.2. The average molecular weight is 413 g/mol. The Morgan fingerprint density at radius 2 is 1.86 bits per heavy atom. The second-order valence-electron chi connectivity index (χ2n) is 7.00. The second kappa shape index (κ2) is 7.33. The largest absolute Gasteiger partial charge is 0.337 e. The van der Waals surface area contributed by atoms with E-state index >= 15 is 0 Å². The lowest BCUT2D eigenvalue weighted by Crippen LogP contribution is -2.41. The maximum Gasteiger partial charge on any atom is 0.337 e. The van der Waals surface area contributed by atoms with Gasteiger partial charge in [0.25, 0.3) is 5.56 Å². The molecule has 0 atom stereocenters. The number of rotatable bonds is 4. The minimum absolute atomic E-state index is 0.115. The zero-order valence-corrected chi connectivity index (χ0v) is 16.6. The topological polar surface area (TPSA) is 61.8 Å². The lowest BCUT2D eigenvalue weighted by Gasteiger charge is -2.15. The summed E-state index contributed by atoms with van der Waals surface area (Å²) >= 11 is 6.11. The molecule has 0 saturated heterocycles. The van der Waals surface area contributed by atoms with Crippen LogP contribution >= 0.6 is 11.6 Å². The lowest BCUT2D eigenvalue weighted by molar-refractivity contribution is 0.538. The van der Waals surface area contributed by atoms with E-state index in [1.54, 1.807) is 60.9 Å². The van der Waals surface area contributed by atoms with Crippen LogP contribution in [0.2, 0.25) is 5.02 Å². The number of benzene rings is 2. The van der Waals surface area contributed by atoms with Gasteiger partial charge in [-0.2, -0.15) is 0 Å². The Bertz CT molecular complexity index is 1340. The van der Waals surface area contributed by atoms with Crippen molar-refractivity contribution in [3.8, 4) is 5.69 Å². The van der Waals surface area contributed by atoms with Gasteiger partial charge in [0.05, 0.1) is 18.6 Å². The van der Waals surface area contributed by atoms with Crippen molar-refractivity contribution < 1.29 is 4.39 Å². The van der Waals surface area contributed by atoms with Crippen molar-refractivity contribution in [3.05, 3.63) is 92.1 Å². The van der Waals surface area contributed by atoms with E-state index in [0.717, 1.165) is 0 Å². The summed E-state index contributed by atoms with van der Waals surface area (Å²) in [7, 11) is 0. The van der Waals surface area contributed by atoms with Crippen molar-refractivity contribution in [1.82, 2.24) is 18.7 Å². The fourth-order valence-electron chi connectivity index (χ4n) is 3.39. The van der Waals surface area contributed by atoms with Crippen LogP contribution in [0, 0.1) is 5.82 Å². The van der Waals surface area contributed by atoms with E-state index in [-0.39, 0.29) is 29.6 Å². The molecule has 0 bridgehead atoms. The van der Waals surface area contributed by atoms with Gasteiger partial charge in [-0.25, -0.2) is 18.7 Å². The van der Waals surface area contributed by atoms with Crippen LogP contribution in [0.1, 0.15) is 25.5 Å². The van der Waals surface area contributed by atoms with Crippen LogP contribution in [0.3, 0.4) is 0 Å². The highest BCUT2D eigenvalue weighted by Gasteiger charge is 2.21. The summed E-state index contributed by atoms with van der Waals surface area (Å²) in [6.07, 6.45) is 1.45. The fourth-order valence-corrected chi connectivity index (χ4v) is 3.57. The van der Waals surface area contributed by atoms with Crippen LogP contribution in [0.25, 0.3) is 16.9 Å². The maximum atomic E-state index is 14.2. The highest BCUT2D eigenvalue weighted by molar-refractivity contribution is 6.30. The van der Waals surface area contributed by atoms with Gasteiger partial charge >= 0.3 is 5.69 Å². The summed E-state index contributed by atoms with van der Waals surface area (Å²) in [5.41, 5.74) is 0.376. The van der Waals surface area contributed by atoms with E-state index in [0.29, 0.717) is 16.3 Å². The Morgan fingerprint density at radius 1 is 1.10 bits per heavy atom. The molecule has 0 aliphatic carbocycles. The molecule has 0 fully saturated rings. The zero-order valence-electron chi connectivity index (χ0n) is 15.8. The minimum Gasteiger partial charge on any atom is -0.320 e. The number of aromatic nitrogens is 4. The van der Waals surface area contributed by atoms with Gasteiger partial charge < -0.3 is 4.57 Å². The van der Waals surface area contributed by atoms with Crippen LogP contribution in [-0.2, 0) is 6.54 Å². The van der Waals surface area contributed by atoms with Gasteiger partial charge in [-0.05, 0) is 38.1 Å². The summed E-state index contributed by atoms with van der Waals surface area (Å²) in [5.74, 6) is -0.373. The lowest BCUT2D eigenvalue weighted by atomic mass is 10.2. The molecule has 0 amide bonds. The van der Waals surface area contributed by atoms with Crippen LogP contribution in [0.5, 0.6) is 0 Å². The van der Waals surface area contributed by atoms with E-state index in [1.165, 1.54) is 21.5 Å². The summed E-state index contributed by atoms with van der Waals surface area (Å²) in [4.78, 5) is 30.6. The molecule has 2 aromatic heterocycles. The van der Waals surface area contributed by atoms with E-state index < -0.39 is 11.2 Å². The molecule has 4 aromatic rings. The predicted octanol–water partition coefficient (Wildman–Crippen LogP) is 3.77. The van der Waals surface area contributed by atoms with E-state index in [4.69, 9.17) is 11.6 Å². The van der Waals surface area contributed by atoms with Crippen molar-refractivity contribution >= 4 is 22.8 Å². The number of fused-ring (bicyclic) bond motifs is 1. The third kappa shape index (κ3) is 3.27. The van der Waals surface area contributed by atoms with Crippen molar-refractivity contribution in [1.29, 1.82) is 0 Å². The molecule has 0 N–H and O–H groups in total. The highest BCUT2D eigenvalue weighted by atomic mass is 35.5. The Kier molecular flexibility index (Phi) is 4.84. The normalized spacial score (nSPS) is 11.5. The van der Waals surface area contributed by atoms with E-state index in [9.17, 15) is 14.0 Å². The van der Waals surface area contributed by atoms with Crippen molar-refractivity contribution in [2.75, 3.05) is 0 Å². The Hall–Kier alpha value is -3.19. The highest BCUT2D eigenvalue weighted by Crippen LogP contribution is 2.19. The zero-order chi connectivity index (χ0) is 20.7. The Balaban J connectivity index is 2.05. The van der Waals surface area contributed by atoms with Gasteiger partial charge in [0.15, 0.2) is 11.2 Å². The first-order chi connectivity index (χ1) is 13.9. The molecular formula is C21H18ClFN4O2. The summed E-state index contributed by atoms with van der Waals surface area (Å²) in [5, 5.41) is 0.454. The second-order valence-corrected chi connectivity index (χ2v) is 7.44. The smallest absolute Gasteiger partial charge is 0.320 e. The van der Waals surface area contributed by atoms with Gasteiger partial charge in [-0.3, -0.25) is 9.36 Å². The standard InChI is InChI=1S/C21H18ClFN4O2/c1-13(2)26-20(28)18-19(27(21(26)29)16-8-5-7-15(22)10-16)24-12-25(18)11-14-6-3-4-9-17(14)23/h3-10,12-13H,11H2,1-2H3. The van der Waals surface area contributed by atoms with Crippen LogP contribution < -0.4 is 11.2 Å². The summed E-state index contributed by atoms with van der Waals surface area (Å²) < 4.78 is 18.3. The quantitative estimate of drug-likeness (QED) is 0.512. The van der Waals surface area contributed by atoms with Gasteiger partial charge in [-0.1, -0.05) is 35.9 Å². The van der Waals surface area contributed by atoms with Gasteiger partial charge in [0.2, 0.25) is 0 Å². The molecule has 0 aliphatic rings. The molecule has 0 spiro atoms. The third-order valence-electron chi connectivity index (χ3n) is 4.73. The SMILES string of the molecule is CC(C)n1c(=O)c2c(ncn2Cc2ccccc2F)n(-c2cccc(Cl)c2)c1=O. The number of imidazole rings is 1. The first-order valence-electron chi connectivity index (χ1n) is 9.10. The molecule has 0 unspecified atom stereocenters. The van der Waals surface area contributed by atoms with Crippen molar-refractivity contribution in [3.63, 3.8) is 0 Å². The van der Waals surface area contributed by atoms with Crippen LogP contribution in [-0.4, -0.2) is 18.7 Å². The number of hydrogen-bond acceptors (Lipinski definition) is 3. The molecule has 29 heavy (non-hydrogen) atoms. The molecule has 148 valence electrons. The number of nitrogens with zero attached hydrogens (tertiary/aromatic N) is 4. The predicted molar refractivity (Wildman–Crippen MR) is 110 cm³/mol.